The molecule has 0 aromatic rings. The number of alkyl carbamates (subject to hydrolysis) is 1. The second-order valence-electron chi connectivity index (χ2n) is 4.98. The molecule has 0 aliphatic heterocycles. The Morgan fingerprint density at radius 1 is 1.37 bits per heavy atom. The number of ether oxygens (including phenoxy) is 2. The zero-order valence-electron chi connectivity index (χ0n) is 10.8. The van der Waals surface area contributed by atoms with E-state index in [9.17, 15) is 18.4 Å². The molecule has 5 nitrogen and oxygen atoms in total. The lowest BCUT2D eigenvalue weighted by Crippen LogP contribution is -2.47. The van der Waals surface area contributed by atoms with Crippen molar-refractivity contribution in [1.82, 2.24) is 5.32 Å². The molecule has 0 spiro atoms. The highest BCUT2D eigenvalue weighted by Crippen LogP contribution is 2.66. The first-order valence-electron chi connectivity index (χ1n) is 6.30. The summed E-state index contributed by atoms with van der Waals surface area (Å²) in [5.41, 5.74) is 0. The molecule has 0 aromatic carbocycles. The molecule has 0 saturated heterocycles. The maximum Gasteiger partial charge on any atom is 0.407 e. The fourth-order valence-corrected chi connectivity index (χ4v) is 2.91. The highest BCUT2D eigenvalue weighted by atomic mass is 19.3. The number of carbonyl (C=O) groups is 2. The van der Waals surface area contributed by atoms with Crippen molar-refractivity contribution in [1.29, 1.82) is 0 Å². The smallest absolute Gasteiger partial charge is 0.407 e. The van der Waals surface area contributed by atoms with Gasteiger partial charge in [0.25, 0.3) is 5.92 Å². The lowest BCUT2D eigenvalue weighted by atomic mass is 9.94. The number of fused-ring (bicyclic) bond motifs is 1. The van der Waals surface area contributed by atoms with Crippen LogP contribution in [0.4, 0.5) is 13.6 Å². The van der Waals surface area contributed by atoms with Crippen molar-refractivity contribution < 1.29 is 27.8 Å². The monoisotopic (exact) mass is 277 g/mol. The Morgan fingerprint density at radius 2 is 1.95 bits per heavy atom. The summed E-state index contributed by atoms with van der Waals surface area (Å²) in [4.78, 5) is 23.0. The lowest BCUT2D eigenvalue weighted by Gasteiger charge is -2.24. The molecule has 0 heterocycles. The maximum atomic E-state index is 13.1. The van der Waals surface area contributed by atoms with Crippen LogP contribution in [-0.2, 0) is 14.3 Å². The summed E-state index contributed by atoms with van der Waals surface area (Å²) in [6.45, 7) is 1.82. The van der Waals surface area contributed by atoms with Gasteiger partial charge in [-0.25, -0.2) is 18.4 Å². The average Bonchev–Trinajstić information content (AvgIpc) is 2.76. The van der Waals surface area contributed by atoms with Gasteiger partial charge in [0.05, 0.1) is 13.7 Å². The molecular formula is C12H17F2NO4. The highest BCUT2D eigenvalue weighted by molar-refractivity contribution is 5.81. The van der Waals surface area contributed by atoms with Gasteiger partial charge in [-0.05, 0) is 25.7 Å². The van der Waals surface area contributed by atoms with E-state index in [-0.39, 0.29) is 25.4 Å². The van der Waals surface area contributed by atoms with Crippen LogP contribution in [0.25, 0.3) is 0 Å². The summed E-state index contributed by atoms with van der Waals surface area (Å²) in [5, 5.41) is 2.38. The van der Waals surface area contributed by atoms with E-state index in [0.29, 0.717) is 0 Å². The van der Waals surface area contributed by atoms with E-state index in [2.05, 4.69) is 10.1 Å². The molecular weight excluding hydrogens is 260 g/mol. The van der Waals surface area contributed by atoms with Crippen LogP contribution in [0.2, 0.25) is 0 Å². The number of methoxy groups -OCH3 is 1. The summed E-state index contributed by atoms with van der Waals surface area (Å²) < 4.78 is 35.6. The molecule has 0 radical (unpaired) electrons. The fraction of sp³-hybridized carbons (Fsp3) is 0.833. The molecule has 2 saturated carbocycles. The third-order valence-electron chi connectivity index (χ3n) is 3.95. The minimum Gasteiger partial charge on any atom is -0.464 e. The highest BCUT2D eigenvalue weighted by Gasteiger charge is 2.72. The van der Waals surface area contributed by atoms with Crippen molar-refractivity contribution >= 4 is 12.1 Å². The van der Waals surface area contributed by atoms with Crippen molar-refractivity contribution in [3.63, 3.8) is 0 Å². The third-order valence-corrected chi connectivity index (χ3v) is 3.95. The number of rotatable bonds is 4. The van der Waals surface area contributed by atoms with Gasteiger partial charge in [-0.3, -0.25) is 0 Å². The van der Waals surface area contributed by atoms with E-state index in [4.69, 9.17) is 4.74 Å². The zero-order valence-corrected chi connectivity index (χ0v) is 10.8. The van der Waals surface area contributed by atoms with Crippen LogP contribution >= 0.6 is 0 Å². The summed E-state index contributed by atoms with van der Waals surface area (Å²) in [6, 6.07) is -0.906. The largest absolute Gasteiger partial charge is 0.464 e. The predicted octanol–water partition coefficient (Wildman–Crippen LogP) is 1.57. The quantitative estimate of drug-likeness (QED) is 0.792. The maximum absolute atomic E-state index is 13.1. The molecule has 4 atom stereocenters. The average molecular weight is 277 g/mol. The van der Waals surface area contributed by atoms with Crippen molar-refractivity contribution in [3.8, 4) is 0 Å². The zero-order chi connectivity index (χ0) is 14.2. The van der Waals surface area contributed by atoms with Crippen molar-refractivity contribution in [2.24, 2.45) is 17.8 Å². The van der Waals surface area contributed by atoms with Gasteiger partial charge in [0.2, 0.25) is 0 Å². The van der Waals surface area contributed by atoms with E-state index >= 15 is 0 Å². The van der Waals surface area contributed by atoms with Crippen LogP contribution in [0.5, 0.6) is 0 Å². The molecule has 1 amide bonds. The van der Waals surface area contributed by atoms with Crippen LogP contribution in [0.15, 0.2) is 0 Å². The molecule has 2 unspecified atom stereocenters. The predicted molar refractivity (Wildman–Crippen MR) is 60.6 cm³/mol. The first-order chi connectivity index (χ1) is 8.91. The first kappa shape index (κ1) is 14.0. The van der Waals surface area contributed by atoms with Gasteiger partial charge < -0.3 is 14.8 Å². The lowest BCUT2D eigenvalue weighted by molar-refractivity contribution is -0.147. The van der Waals surface area contributed by atoms with Crippen LogP contribution in [0.1, 0.15) is 19.8 Å². The van der Waals surface area contributed by atoms with E-state index in [1.807, 2.05) is 0 Å². The second kappa shape index (κ2) is 4.94. The number of nitrogens with one attached hydrogen (secondary N) is 1. The Labute approximate surface area is 109 Å². The van der Waals surface area contributed by atoms with E-state index in [0.717, 1.165) is 0 Å². The summed E-state index contributed by atoms with van der Waals surface area (Å²) in [5.74, 6) is -4.82. The normalized spacial score (nSPS) is 32.1. The van der Waals surface area contributed by atoms with Gasteiger partial charge in [-0.2, -0.15) is 0 Å². The molecule has 0 bridgehead atoms. The summed E-state index contributed by atoms with van der Waals surface area (Å²) >= 11 is 0. The summed E-state index contributed by atoms with van der Waals surface area (Å²) in [7, 11) is 1.18. The Bertz CT molecular complexity index is 374. The van der Waals surface area contributed by atoms with Gasteiger partial charge in [0, 0.05) is 11.8 Å². The molecule has 7 heteroatoms. The van der Waals surface area contributed by atoms with Crippen LogP contribution in [-0.4, -0.2) is 37.7 Å². The molecule has 108 valence electrons. The number of halogens is 2. The minimum atomic E-state index is -2.60. The number of esters is 1. The standard InChI is InChI=1S/C12H17F2NO4/c1-3-19-10(16)9(15-11(17)18-2)6-4-7-8(5-6)12(7,13)14/h6-9H,3-5H2,1-2H3,(H,15,17)/t6?,7-,8+,9?. The number of hydrogen-bond donors (Lipinski definition) is 1. The fourth-order valence-electron chi connectivity index (χ4n) is 2.91. The number of amides is 1. The number of alkyl halides is 2. The van der Waals surface area contributed by atoms with Gasteiger partial charge in [0.1, 0.15) is 6.04 Å². The van der Waals surface area contributed by atoms with Crippen molar-refractivity contribution in [3.05, 3.63) is 0 Å². The number of carbonyl (C=O) groups excluding carboxylic acids is 2. The number of hydrogen-bond acceptors (Lipinski definition) is 4. The molecule has 2 rings (SSSR count). The Kier molecular flexibility index (Phi) is 3.64. The molecule has 2 aliphatic carbocycles. The van der Waals surface area contributed by atoms with Crippen LogP contribution < -0.4 is 5.32 Å². The summed E-state index contributed by atoms with van der Waals surface area (Å²) in [6.07, 6.45) is -0.304. The minimum absolute atomic E-state index is 0.175. The molecule has 2 fully saturated rings. The van der Waals surface area contributed by atoms with Gasteiger partial charge in [-0.1, -0.05) is 0 Å². The second-order valence-corrected chi connectivity index (χ2v) is 4.98. The van der Waals surface area contributed by atoms with E-state index in [1.165, 1.54) is 7.11 Å². The van der Waals surface area contributed by atoms with Gasteiger partial charge >= 0.3 is 12.1 Å². The molecule has 1 N–H and O–H groups in total. The van der Waals surface area contributed by atoms with Gasteiger partial charge in [-0.15, -0.1) is 0 Å². The van der Waals surface area contributed by atoms with Crippen molar-refractivity contribution in [2.45, 2.75) is 31.7 Å². The Balaban J connectivity index is 1.99. The topological polar surface area (TPSA) is 64.6 Å². The third kappa shape index (κ3) is 2.50. The van der Waals surface area contributed by atoms with Crippen molar-refractivity contribution in [2.75, 3.05) is 13.7 Å². The molecule has 2 aliphatic rings. The van der Waals surface area contributed by atoms with Crippen LogP contribution in [0.3, 0.4) is 0 Å². The van der Waals surface area contributed by atoms with Crippen LogP contribution in [0, 0.1) is 17.8 Å². The van der Waals surface area contributed by atoms with E-state index in [1.54, 1.807) is 6.92 Å². The Morgan fingerprint density at radius 3 is 2.42 bits per heavy atom. The van der Waals surface area contributed by atoms with E-state index < -0.39 is 35.9 Å². The van der Waals surface area contributed by atoms with Gasteiger partial charge in [0.15, 0.2) is 0 Å². The SMILES string of the molecule is CCOC(=O)C(NC(=O)OC)C1C[C@@H]2[C@H](C1)C2(F)F. The molecule has 0 aromatic heterocycles. The molecule has 19 heavy (non-hydrogen) atoms. The Hall–Kier alpha value is -1.40. The first-order valence-corrected chi connectivity index (χ1v) is 6.30.